The molecule has 29 heavy (non-hydrogen) atoms. The number of ether oxygens (including phenoxy) is 1. The van der Waals surface area contributed by atoms with E-state index in [1.165, 1.54) is 5.38 Å². The third-order valence-electron chi connectivity index (χ3n) is 3.95. The topological polar surface area (TPSA) is 75.6 Å². The summed E-state index contributed by atoms with van der Waals surface area (Å²) in [5.41, 5.74) is -0.171. The number of carboxylic acids is 1. The maximum Gasteiger partial charge on any atom is 0.339 e. The molecule has 0 bridgehead atoms. The van der Waals surface area contributed by atoms with Gasteiger partial charge >= 0.3 is 5.97 Å². The summed E-state index contributed by atoms with van der Waals surface area (Å²) in [5, 5.41) is 13.2. The molecular weight excluding hydrogens is 522 g/mol. The summed E-state index contributed by atoms with van der Waals surface area (Å²) in [6.45, 7) is 0. The summed E-state index contributed by atoms with van der Waals surface area (Å²) < 4.78 is 47.3. The molecule has 1 heterocycles. The van der Waals surface area contributed by atoms with Crippen LogP contribution >= 0.6 is 33.9 Å². The lowest BCUT2D eigenvalue weighted by molar-refractivity contribution is 0.0699. The summed E-state index contributed by atoms with van der Waals surface area (Å²) in [6, 6.07) is 7.50. The van der Waals surface area contributed by atoms with Crippen molar-refractivity contribution in [2.75, 3.05) is 12.4 Å². The van der Waals surface area contributed by atoms with Crippen LogP contribution < -0.4 is 10.1 Å². The molecule has 2 aromatic carbocycles. The highest BCUT2D eigenvalue weighted by Crippen LogP contribution is 2.36. The van der Waals surface area contributed by atoms with Crippen LogP contribution in [0.2, 0.25) is 0 Å². The fourth-order valence-corrected chi connectivity index (χ4v) is 3.92. The van der Waals surface area contributed by atoms with Gasteiger partial charge in [0.25, 0.3) is 5.91 Å². The minimum Gasteiger partial charge on any atom is -0.491 e. The van der Waals surface area contributed by atoms with E-state index in [2.05, 4.69) is 32.6 Å². The van der Waals surface area contributed by atoms with E-state index in [1.807, 2.05) is 0 Å². The molecule has 0 atom stereocenters. The zero-order valence-electron chi connectivity index (χ0n) is 14.6. The Bertz CT molecular complexity index is 1120. The molecule has 2 N–H and O–H groups in total. The molecule has 0 fully saturated rings. The van der Waals surface area contributed by atoms with Crippen LogP contribution in [-0.4, -0.2) is 24.1 Å². The minimum atomic E-state index is -1.65. The molecule has 0 unspecified atom stereocenters. The first-order chi connectivity index (χ1) is 13.7. The number of amides is 1. The number of methoxy groups -OCH3 is 1. The maximum atomic E-state index is 14.2. The van der Waals surface area contributed by atoms with Crippen LogP contribution in [-0.2, 0) is 0 Å². The number of benzene rings is 2. The molecule has 0 aliphatic rings. The molecule has 0 radical (unpaired) electrons. The molecule has 0 saturated heterocycles. The molecule has 0 saturated carbocycles. The van der Waals surface area contributed by atoms with Crippen molar-refractivity contribution in [3.63, 3.8) is 0 Å². The number of rotatable bonds is 5. The van der Waals surface area contributed by atoms with Crippen LogP contribution in [0.5, 0.6) is 5.75 Å². The Morgan fingerprint density at radius 3 is 2.38 bits per heavy atom. The fourth-order valence-electron chi connectivity index (χ4n) is 2.61. The number of nitrogens with one attached hydrogen (secondary N) is 1. The van der Waals surface area contributed by atoms with E-state index in [4.69, 9.17) is 0 Å². The van der Waals surface area contributed by atoms with Crippen molar-refractivity contribution in [1.82, 2.24) is 0 Å². The molecule has 0 spiro atoms. The third-order valence-corrected chi connectivity index (χ3v) is 5.57. The zero-order chi connectivity index (χ0) is 21.3. The van der Waals surface area contributed by atoms with Crippen molar-refractivity contribution in [1.29, 1.82) is 0 Å². The van der Waals surface area contributed by atoms with Gasteiger partial charge in [0.05, 0.1) is 12.7 Å². The number of carboxylic acid groups (broad SMARTS) is 1. The van der Waals surface area contributed by atoms with E-state index in [-0.39, 0.29) is 10.6 Å². The quantitative estimate of drug-likeness (QED) is 0.341. The van der Waals surface area contributed by atoms with E-state index in [1.54, 1.807) is 24.3 Å². The average molecular weight is 533 g/mol. The van der Waals surface area contributed by atoms with Gasteiger partial charge in [-0.3, -0.25) is 4.79 Å². The van der Waals surface area contributed by atoms with Gasteiger partial charge in [-0.2, -0.15) is 4.39 Å². The number of hydrogen-bond acceptors (Lipinski definition) is 4. The van der Waals surface area contributed by atoms with Crippen molar-refractivity contribution in [2.24, 2.45) is 0 Å². The first-order valence-corrected chi connectivity index (χ1v) is 9.84. The highest BCUT2D eigenvalue weighted by Gasteiger charge is 2.26. The van der Waals surface area contributed by atoms with Crippen molar-refractivity contribution in [2.45, 2.75) is 0 Å². The van der Waals surface area contributed by atoms with Crippen LogP contribution in [0.15, 0.2) is 35.7 Å². The summed E-state index contributed by atoms with van der Waals surface area (Å²) in [6.07, 6.45) is 0. The molecule has 5 nitrogen and oxygen atoms in total. The highest BCUT2D eigenvalue weighted by atomic mass is 127. The smallest absolute Gasteiger partial charge is 0.339 e. The number of aromatic carboxylic acids is 1. The molecule has 3 rings (SSSR count). The summed E-state index contributed by atoms with van der Waals surface area (Å²) in [5.74, 6) is -7.99. The summed E-state index contributed by atoms with van der Waals surface area (Å²) in [4.78, 5) is 24.2. The Morgan fingerprint density at radius 1 is 1.14 bits per heavy atom. The van der Waals surface area contributed by atoms with E-state index < -0.39 is 40.6 Å². The lowest BCUT2D eigenvalue weighted by Gasteiger charge is -2.10. The van der Waals surface area contributed by atoms with Gasteiger partial charge in [-0.15, -0.1) is 11.3 Å². The third kappa shape index (κ3) is 4.08. The highest BCUT2D eigenvalue weighted by molar-refractivity contribution is 14.1. The van der Waals surface area contributed by atoms with Gasteiger partial charge in [0.15, 0.2) is 17.4 Å². The van der Waals surface area contributed by atoms with Gasteiger partial charge in [0, 0.05) is 14.5 Å². The largest absolute Gasteiger partial charge is 0.491 e. The van der Waals surface area contributed by atoms with E-state index in [9.17, 15) is 27.9 Å². The second kappa shape index (κ2) is 8.41. The second-order valence-electron chi connectivity index (χ2n) is 5.69. The van der Waals surface area contributed by atoms with E-state index in [0.717, 1.165) is 22.0 Å². The van der Waals surface area contributed by atoms with E-state index in [0.29, 0.717) is 17.2 Å². The number of hydrogen-bond donors (Lipinski definition) is 2. The van der Waals surface area contributed by atoms with Gasteiger partial charge in [-0.1, -0.05) is 12.1 Å². The van der Waals surface area contributed by atoms with Crippen molar-refractivity contribution < 1.29 is 32.6 Å². The lowest BCUT2D eigenvalue weighted by Crippen LogP contribution is -2.17. The van der Waals surface area contributed by atoms with Crippen LogP contribution in [0, 0.1) is 21.0 Å². The standard InChI is InChI=1S/C19H11F3INO4S/c1-28-16-12(20)6-10(14(21)15(16)22)17(25)24-18-13(19(26)27)11(7-29-18)8-2-4-9(23)5-3-8/h2-7H,1H3,(H,24,25)(H,26,27). The predicted octanol–water partition coefficient (Wildman–Crippen LogP) is 5.40. The summed E-state index contributed by atoms with van der Waals surface area (Å²) in [7, 11) is 0.956. The van der Waals surface area contributed by atoms with Crippen LogP contribution in [0.4, 0.5) is 18.2 Å². The first-order valence-electron chi connectivity index (χ1n) is 7.88. The zero-order valence-corrected chi connectivity index (χ0v) is 17.5. The monoisotopic (exact) mass is 533 g/mol. The Morgan fingerprint density at radius 2 is 1.79 bits per heavy atom. The Balaban J connectivity index is 2.00. The summed E-state index contributed by atoms with van der Waals surface area (Å²) >= 11 is 3.00. The Kier molecular flexibility index (Phi) is 6.13. The number of anilines is 1. The van der Waals surface area contributed by atoms with Gasteiger partial charge in [0.2, 0.25) is 5.82 Å². The van der Waals surface area contributed by atoms with Gasteiger partial charge in [-0.25, -0.2) is 13.6 Å². The van der Waals surface area contributed by atoms with E-state index >= 15 is 0 Å². The predicted molar refractivity (Wildman–Crippen MR) is 110 cm³/mol. The van der Waals surface area contributed by atoms with Crippen molar-refractivity contribution in [3.05, 3.63) is 67.9 Å². The second-order valence-corrected chi connectivity index (χ2v) is 7.81. The Labute approximate surface area is 180 Å². The first kappa shape index (κ1) is 21.1. The Hall–Kier alpha value is -2.60. The molecule has 3 aromatic rings. The molecule has 0 aliphatic carbocycles. The normalized spacial score (nSPS) is 10.7. The number of carbonyl (C=O) groups excluding carboxylic acids is 1. The minimum absolute atomic E-state index is 0.0907. The van der Waals surface area contributed by atoms with Gasteiger partial charge in [0.1, 0.15) is 10.6 Å². The van der Waals surface area contributed by atoms with Crippen LogP contribution in [0.25, 0.3) is 11.1 Å². The number of halogens is 4. The van der Waals surface area contributed by atoms with Gasteiger partial charge < -0.3 is 15.2 Å². The average Bonchev–Trinajstić information content (AvgIpc) is 3.09. The number of carbonyl (C=O) groups is 2. The maximum absolute atomic E-state index is 14.2. The fraction of sp³-hybridized carbons (Fsp3) is 0.0526. The molecular formula is C19H11F3INO4S. The molecule has 1 aromatic heterocycles. The van der Waals surface area contributed by atoms with Crippen molar-refractivity contribution >= 4 is 50.8 Å². The van der Waals surface area contributed by atoms with Crippen LogP contribution in [0.3, 0.4) is 0 Å². The van der Waals surface area contributed by atoms with Crippen molar-refractivity contribution in [3.8, 4) is 16.9 Å². The molecule has 150 valence electrons. The molecule has 0 aliphatic heterocycles. The van der Waals surface area contributed by atoms with Crippen LogP contribution in [0.1, 0.15) is 20.7 Å². The molecule has 10 heteroatoms. The molecule has 1 amide bonds. The lowest BCUT2D eigenvalue weighted by atomic mass is 10.0. The van der Waals surface area contributed by atoms with Gasteiger partial charge in [-0.05, 0) is 46.4 Å². The number of thiophene rings is 1. The SMILES string of the molecule is COc1c(F)cc(C(=O)Nc2scc(-c3ccc(I)cc3)c2C(=O)O)c(F)c1F.